The molecule has 1 atom stereocenters. The minimum atomic E-state index is -0.401. The molecule has 1 N–H and O–H groups in total. The van der Waals surface area contributed by atoms with Crippen LogP contribution in [-0.2, 0) is 4.74 Å². The molecule has 1 saturated heterocycles. The number of rotatable bonds is 1. The van der Waals surface area contributed by atoms with Crippen LogP contribution in [0.4, 0.5) is 0 Å². The minimum Gasteiger partial charge on any atom is -0.390 e. The lowest BCUT2D eigenvalue weighted by Crippen LogP contribution is -2.35. The Morgan fingerprint density at radius 2 is 1.75 bits per heavy atom. The van der Waals surface area contributed by atoms with E-state index >= 15 is 0 Å². The predicted molar refractivity (Wildman–Crippen MR) is 46.9 cm³/mol. The molecule has 0 radical (unpaired) electrons. The Hall–Kier alpha value is -0.0800. The lowest BCUT2D eigenvalue weighted by atomic mass is 9.75. The molecule has 0 amide bonds. The number of hydrogen-bond acceptors (Lipinski definition) is 2. The van der Waals surface area contributed by atoms with E-state index in [2.05, 4.69) is 6.92 Å². The summed E-state index contributed by atoms with van der Waals surface area (Å²) in [5, 5.41) is 9.74. The SMILES string of the molecule is CC1(O)CCC(C2(C)CO2)CC1. The molecule has 1 heterocycles. The highest BCUT2D eigenvalue weighted by atomic mass is 16.6. The highest BCUT2D eigenvalue weighted by Gasteiger charge is 2.48. The van der Waals surface area contributed by atoms with Crippen LogP contribution >= 0.6 is 0 Å². The van der Waals surface area contributed by atoms with E-state index in [-0.39, 0.29) is 5.60 Å². The fraction of sp³-hybridized carbons (Fsp3) is 1.00. The number of hydrogen-bond donors (Lipinski definition) is 1. The van der Waals surface area contributed by atoms with Gasteiger partial charge in [0.15, 0.2) is 0 Å². The number of aliphatic hydroxyl groups is 1. The van der Waals surface area contributed by atoms with Crippen LogP contribution in [0.5, 0.6) is 0 Å². The summed E-state index contributed by atoms with van der Waals surface area (Å²) in [5.41, 5.74) is -0.224. The second-order valence-electron chi connectivity index (χ2n) is 4.87. The van der Waals surface area contributed by atoms with Crippen LogP contribution in [-0.4, -0.2) is 22.9 Å². The Kier molecular flexibility index (Phi) is 1.74. The summed E-state index contributed by atoms with van der Waals surface area (Å²) in [6.45, 7) is 5.07. The van der Waals surface area contributed by atoms with Crippen molar-refractivity contribution in [2.45, 2.75) is 50.7 Å². The normalized spacial score (nSPS) is 53.8. The maximum absolute atomic E-state index is 9.74. The number of ether oxygens (including phenoxy) is 1. The van der Waals surface area contributed by atoms with E-state index in [1.54, 1.807) is 0 Å². The van der Waals surface area contributed by atoms with Gasteiger partial charge in [-0.05, 0) is 45.4 Å². The molecule has 1 unspecified atom stereocenters. The maximum Gasteiger partial charge on any atom is 0.0916 e. The topological polar surface area (TPSA) is 32.8 Å². The Morgan fingerprint density at radius 3 is 2.17 bits per heavy atom. The minimum absolute atomic E-state index is 0.177. The Morgan fingerprint density at radius 1 is 1.25 bits per heavy atom. The summed E-state index contributed by atoms with van der Waals surface area (Å²) in [7, 11) is 0. The average Bonchev–Trinajstić information content (AvgIpc) is 2.68. The van der Waals surface area contributed by atoms with Gasteiger partial charge in [-0.3, -0.25) is 0 Å². The molecule has 0 bridgehead atoms. The van der Waals surface area contributed by atoms with Crippen LogP contribution in [0.2, 0.25) is 0 Å². The molecule has 2 rings (SSSR count). The monoisotopic (exact) mass is 170 g/mol. The molecule has 0 aromatic rings. The van der Waals surface area contributed by atoms with Gasteiger partial charge in [-0.15, -0.1) is 0 Å². The fourth-order valence-electron chi connectivity index (χ4n) is 2.20. The first-order valence-electron chi connectivity index (χ1n) is 4.88. The summed E-state index contributed by atoms with van der Waals surface area (Å²) in [6, 6.07) is 0. The van der Waals surface area contributed by atoms with Crippen molar-refractivity contribution < 1.29 is 9.84 Å². The summed E-state index contributed by atoms with van der Waals surface area (Å²) < 4.78 is 5.42. The van der Waals surface area contributed by atoms with Crippen molar-refractivity contribution in [1.29, 1.82) is 0 Å². The van der Waals surface area contributed by atoms with E-state index in [9.17, 15) is 5.11 Å². The molecule has 1 aliphatic carbocycles. The van der Waals surface area contributed by atoms with E-state index in [0.717, 1.165) is 32.3 Å². The zero-order chi connectivity index (χ0) is 8.82. The molecule has 2 heteroatoms. The van der Waals surface area contributed by atoms with E-state index < -0.39 is 5.60 Å². The van der Waals surface area contributed by atoms with Crippen molar-refractivity contribution in [3.63, 3.8) is 0 Å². The van der Waals surface area contributed by atoms with Gasteiger partial charge in [-0.2, -0.15) is 0 Å². The van der Waals surface area contributed by atoms with Crippen LogP contribution in [0.15, 0.2) is 0 Å². The molecular formula is C10H18O2. The van der Waals surface area contributed by atoms with Crippen molar-refractivity contribution in [3.05, 3.63) is 0 Å². The highest BCUT2D eigenvalue weighted by Crippen LogP contribution is 2.44. The molecule has 1 saturated carbocycles. The van der Waals surface area contributed by atoms with Crippen molar-refractivity contribution in [2.24, 2.45) is 5.92 Å². The molecule has 0 spiro atoms. The Labute approximate surface area is 73.9 Å². The lowest BCUT2D eigenvalue weighted by Gasteiger charge is -2.34. The predicted octanol–water partition coefficient (Wildman–Crippen LogP) is 1.72. The van der Waals surface area contributed by atoms with Gasteiger partial charge in [0.1, 0.15) is 0 Å². The van der Waals surface area contributed by atoms with Gasteiger partial charge in [0.25, 0.3) is 0 Å². The summed E-state index contributed by atoms with van der Waals surface area (Å²) in [6.07, 6.45) is 4.14. The standard InChI is InChI=1S/C10H18O2/c1-9(11)5-3-8(4-6-9)10(2)7-12-10/h8,11H,3-7H2,1-2H3. The largest absolute Gasteiger partial charge is 0.390 e. The summed E-state index contributed by atoms with van der Waals surface area (Å²) in [5.74, 6) is 0.692. The van der Waals surface area contributed by atoms with Crippen LogP contribution in [0, 0.1) is 5.92 Å². The Balaban J connectivity index is 1.90. The molecular weight excluding hydrogens is 152 g/mol. The second kappa shape index (κ2) is 2.46. The molecule has 1 aliphatic heterocycles. The Bertz CT molecular complexity index is 172. The van der Waals surface area contributed by atoms with Gasteiger partial charge in [0, 0.05) is 0 Å². The second-order valence-corrected chi connectivity index (χ2v) is 4.87. The van der Waals surface area contributed by atoms with Crippen LogP contribution < -0.4 is 0 Å². The van der Waals surface area contributed by atoms with Gasteiger partial charge < -0.3 is 9.84 Å². The first-order valence-corrected chi connectivity index (χ1v) is 4.88. The van der Waals surface area contributed by atoms with Crippen LogP contribution in [0.25, 0.3) is 0 Å². The molecule has 0 aromatic carbocycles. The van der Waals surface area contributed by atoms with Gasteiger partial charge in [-0.25, -0.2) is 0 Å². The lowest BCUT2D eigenvalue weighted by molar-refractivity contribution is -0.00349. The summed E-state index contributed by atoms with van der Waals surface area (Å²) in [4.78, 5) is 0. The quantitative estimate of drug-likeness (QED) is 0.608. The third-order valence-electron chi connectivity index (χ3n) is 3.53. The zero-order valence-corrected chi connectivity index (χ0v) is 7.97. The van der Waals surface area contributed by atoms with E-state index in [0.29, 0.717) is 5.92 Å². The summed E-state index contributed by atoms with van der Waals surface area (Å²) >= 11 is 0. The van der Waals surface area contributed by atoms with Crippen molar-refractivity contribution in [3.8, 4) is 0 Å². The van der Waals surface area contributed by atoms with Crippen molar-refractivity contribution in [2.75, 3.05) is 6.61 Å². The first kappa shape index (κ1) is 8.52. The fourth-order valence-corrected chi connectivity index (χ4v) is 2.20. The van der Waals surface area contributed by atoms with Gasteiger partial charge in [0.2, 0.25) is 0 Å². The van der Waals surface area contributed by atoms with E-state index in [1.807, 2.05) is 6.92 Å². The third kappa shape index (κ3) is 1.50. The van der Waals surface area contributed by atoms with Crippen molar-refractivity contribution >= 4 is 0 Å². The van der Waals surface area contributed by atoms with Crippen LogP contribution in [0.1, 0.15) is 39.5 Å². The number of epoxide rings is 1. The smallest absolute Gasteiger partial charge is 0.0916 e. The van der Waals surface area contributed by atoms with E-state index in [1.165, 1.54) is 0 Å². The van der Waals surface area contributed by atoms with Gasteiger partial charge in [-0.1, -0.05) is 0 Å². The van der Waals surface area contributed by atoms with Gasteiger partial charge >= 0.3 is 0 Å². The maximum atomic E-state index is 9.74. The van der Waals surface area contributed by atoms with Crippen molar-refractivity contribution in [1.82, 2.24) is 0 Å². The molecule has 2 aliphatic rings. The zero-order valence-electron chi connectivity index (χ0n) is 7.97. The third-order valence-corrected chi connectivity index (χ3v) is 3.53. The first-order chi connectivity index (χ1) is 5.52. The van der Waals surface area contributed by atoms with Crippen LogP contribution in [0.3, 0.4) is 0 Å². The molecule has 2 fully saturated rings. The highest BCUT2D eigenvalue weighted by molar-refractivity contribution is 4.97. The molecule has 2 nitrogen and oxygen atoms in total. The molecule has 70 valence electrons. The molecule has 0 aromatic heterocycles. The average molecular weight is 170 g/mol. The van der Waals surface area contributed by atoms with E-state index in [4.69, 9.17) is 4.74 Å². The molecule has 12 heavy (non-hydrogen) atoms. The van der Waals surface area contributed by atoms with Gasteiger partial charge in [0.05, 0.1) is 17.8 Å².